The van der Waals surface area contributed by atoms with Gasteiger partial charge in [0.15, 0.2) is 0 Å². The highest BCUT2D eigenvalue weighted by Gasteiger charge is 2.40. The minimum Gasteiger partial charge on any atom is -0.357 e. The molecule has 1 N–H and O–H groups in total. The van der Waals surface area contributed by atoms with E-state index < -0.39 is 0 Å². The van der Waals surface area contributed by atoms with Crippen molar-refractivity contribution >= 4 is 21.7 Å². The van der Waals surface area contributed by atoms with Crippen molar-refractivity contribution in [1.29, 1.82) is 0 Å². The van der Waals surface area contributed by atoms with E-state index in [0.717, 1.165) is 24.0 Å². The average Bonchev–Trinajstić information content (AvgIpc) is 3.32. The van der Waals surface area contributed by atoms with Gasteiger partial charge in [-0.2, -0.15) is 0 Å². The number of H-pyrrole nitrogens is 1. The molecule has 140 valence electrons. The molecule has 0 bridgehead atoms. The molecule has 1 fully saturated rings. The molecule has 2 aromatic carbocycles. The smallest absolute Gasteiger partial charge is 0.0645 e. The highest BCUT2D eigenvalue weighted by atomic mass is 14.8. The molecule has 2 aliphatic rings. The van der Waals surface area contributed by atoms with Gasteiger partial charge in [-0.05, 0) is 72.4 Å². The summed E-state index contributed by atoms with van der Waals surface area (Å²) in [5.41, 5.74) is 6.96. The topological polar surface area (TPSA) is 28.7 Å². The van der Waals surface area contributed by atoms with Crippen LogP contribution in [0, 0.1) is 12.8 Å². The van der Waals surface area contributed by atoms with Gasteiger partial charge >= 0.3 is 0 Å². The molecule has 1 saturated carbocycles. The number of fused-ring (bicyclic) bond motifs is 6. The quantitative estimate of drug-likeness (QED) is 0.423. The Morgan fingerprint density at radius 3 is 2.89 bits per heavy atom. The summed E-state index contributed by atoms with van der Waals surface area (Å²) >= 11 is 0. The zero-order valence-electron chi connectivity index (χ0n) is 16.4. The normalized spacial score (nSPS) is 23.8. The molecule has 0 amide bonds. The van der Waals surface area contributed by atoms with Gasteiger partial charge in [-0.25, -0.2) is 0 Å². The molecule has 2 aliphatic carbocycles. The summed E-state index contributed by atoms with van der Waals surface area (Å²) in [6.45, 7) is 2.11. The van der Waals surface area contributed by atoms with Gasteiger partial charge in [-0.3, -0.25) is 4.98 Å². The molecular formula is C26H26N2. The van der Waals surface area contributed by atoms with Crippen molar-refractivity contribution in [1.82, 2.24) is 9.97 Å². The number of nitrogens with one attached hydrogen (secondary N) is 1. The van der Waals surface area contributed by atoms with Crippen LogP contribution in [-0.4, -0.2) is 9.97 Å². The molecule has 0 saturated heterocycles. The standard InChI is InChI=1S/C26H26N2/c1-16-12-23-24(15-27-16)28-26-20(14-19-9-5-11-22(19)25(23)26)13-18-8-4-7-17-6-2-3-10-21(17)18/h2-4,6-8,10,12,15,19-20,22,28H,5,9,11,13-14H2,1H3/t19-,20?,22+/m0/s1. The van der Waals surface area contributed by atoms with Crippen molar-refractivity contribution in [2.24, 2.45) is 5.92 Å². The van der Waals surface area contributed by atoms with Crippen LogP contribution in [0.1, 0.15) is 60.0 Å². The van der Waals surface area contributed by atoms with E-state index in [4.69, 9.17) is 0 Å². The van der Waals surface area contributed by atoms with Crippen molar-refractivity contribution in [2.75, 3.05) is 0 Å². The molecule has 4 aromatic rings. The Bertz CT molecular complexity index is 1180. The molecule has 2 heteroatoms. The van der Waals surface area contributed by atoms with Crippen molar-refractivity contribution in [2.45, 2.75) is 50.9 Å². The van der Waals surface area contributed by atoms with Gasteiger partial charge in [0.25, 0.3) is 0 Å². The number of pyridine rings is 1. The van der Waals surface area contributed by atoms with E-state index in [2.05, 4.69) is 65.4 Å². The highest BCUT2D eigenvalue weighted by molar-refractivity contribution is 5.87. The largest absolute Gasteiger partial charge is 0.357 e. The maximum absolute atomic E-state index is 4.55. The van der Waals surface area contributed by atoms with E-state index in [1.807, 2.05) is 6.20 Å². The monoisotopic (exact) mass is 366 g/mol. The SMILES string of the molecule is Cc1cc2c3c([nH]c2cn1)C(Cc1cccc2ccccc12)C[C@@H]1CCC[C@@H]31. The third kappa shape index (κ3) is 2.44. The van der Waals surface area contributed by atoms with Crippen molar-refractivity contribution in [3.8, 4) is 0 Å². The maximum Gasteiger partial charge on any atom is 0.0645 e. The summed E-state index contributed by atoms with van der Waals surface area (Å²) < 4.78 is 0. The lowest BCUT2D eigenvalue weighted by Crippen LogP contribution is -2.21. The summed E-state index contributed by atoms with van der Waals surface area (Å²) in [7, 11) is 0. The van der Waals surface area contributed by atoms with Crippen LogP contribution in [0.4, 0.5) is 0 Å². The van der Waals surface area contributed by atoms with Gasteiger partial charge in [0.2, 0.25) is 0 Å². The summed E-state index contributed by atoms with van der Waals surface area (Å²) in [4.78, 5) is 8.37. The van der Waals surface area contributed by atoms with Gasteiger partial charge in [-0.1, -0.05) is 48.9 Å². The van der Waals surface area contributed by atoms with Crippen LogP contribution >= 0.6 is 0 Å². The van der Waals surface area contributed by atoms with Crippen molar-refractivity contribution < 1.29 is 0 Å². The molecule has 1 unspecified atom stereocenters. The lowest BCUT2D eigenvalue weighted by atomic mass is 9.72. The van der Waals surface area contributed by atoms with Gasteiger partial charge in [-0.15, -0.1) is 0 Å². The van der Waals surface area contributed by atoms with Crippen LogP contribution in [0.2, 0.25) is 0 Å². The van der Waals surface area contributed by atoms with Gasteiger partial charge in [0.1, 0.15) is 0 Å². The molecule has 3 atom stereocenters. The van der Waals surface area contributed by atoms with Gasteiger partial charge in [0.05, 0.1) is 11.7 Å². The lowest BCUT2D eigenvalue weighted by Gasteiger charge is -2.33. The van der Waals surface area contributed by atoms with E-state index in [1.54, 1.807) is 5.56 Å². The van der Waals surface area contributed by atoms with E-state index in [-0.39, 0.29) is 0 Å². The van der Waals surface area contributed by atoms with Gasteiger partial charge < -0.3 is 4.98 Å². The second-order valence-corrected chi connectivity index (χ2v) is 8.90. The summed E-state index contributed by atoms with van der Waals surface area (Å²) in [6.07, 6.45) is 8.62. The lowest BCUT2D eigenvalue weighted by molar-refractivity contribution is 0.371. The Hall–Kier alpha value is -2.61. The highest BCUT2D eigenvalue weighted by Crippen LogP contribution is 2.53. The molecule has 2 aromatic heterocycles. The Labute approximate surface area is 166 Å². The van der Waals surface area contributed by atoms with E-state index in [0.29, 0.717) is 5.92 Å². The fourth-order valence-electron chi connectivity index (χ4n) is 6.06. The number of aromatic amines is 1. The zero-order valence-corrected chi connectivity index (χ0v) is 16.4. The first kappa shape index (κ1) is 16.4. The van der Waals surface area contributed by atoms with Crippen LogP contribution in [0.3, 0.4) is 0 Å². The van der Waals surface area contributed by atoms with Crippen LogP contribution in [0.15, 0.2) is 54.7 Å². The predicted octanol–water partition coefficient (Wildman–Crippen LogP) is 6.64. The summed E-state index contributed by atoms with van der Waals surface area (Å²) in [6, 6.07) is 17.9. The van der Waals surface area contributed by atoms with Crippen LogP contribution < -0.4 is 0 Å². The van der Waals surface area contributed by atoms with Crippen LogP contribution in [-0.2, 0) is 6.42 Å². The predicted molar refractivity (Wildman–Crippen MR) is 116 cm³/mol. The van der Waals surface area contributed by atoms with Gasteiger partial charge in [0, 0.05) is 22.7 Å². The molecule has 6 rings (SSSR count). The minimum atomic E-state index is 0.577. The zero-order chi connectivity index (χ0) is 18.7. The number of aryl methyl sites for hydroxylation is 1. The molecule has 2 heterocycles. The average molecular weight is 367 g/mol. The molecule has 2 nitrogen and oxygen atoms in total. The Kier molecular flexibility index (Phi) is 3.62. The first-order valence-corrected chi connectivity index (χ1v) is 10.7. The van der Waals surface area contributed by atoms with Crippen molar-refractivity contribution in [3.63, 3.8) is 0 Å². The fourth-order valence-corrected chi connectivity index (χ4v) is 6.06. The number of hydrogen-bond donors (Lipinski definition) is 1. The van der Waals surface area contributed by atoms with E-state index >= 15 is 0 Å². The molecule has 28 heavy (non-hydrogen) atoms. The second kappa shape index (κ2) is 6.20. The van der Waals surface area contributed by atoms with Crippen molar-refractivity contribution in [3.05, 3.63) is 77.2 Å². The summed E-state index contributed by atoms with van der Waals surface area (Å²) in [5.74, 6) is 2.17. The molecular weight excluding hydrogens is 340 g/mol. The first-order valence-electron chi connectivity index (χ1n) is 10.7. The Morgan fingerprint density at radius 1 is 1.04 bits per heavy atom. The fraction of sp³-hybridized carbons (Fsp3) is 0.346. The van der Waals surface area contributed by atoms with E-state index in [1.165, 1.54) is 58.6 Å². The third-order valence-corrected chi connectivity index (χ3v) is 7.26. The third-order valence-electron chi connectivity index (χ3n) is 7.26. The summed E-state index contributed by atoms with van der Waals surface area (Å²) in [5, 5.41) is 4.20. The van der Waals surface area contributed by atoms with E-state index in [9.17, 15) is 0 Å². The molecule has 0 aliphatic heterocycles. The number of rotatable bonds is 2. The Morgan fingerprint density at radius 2 is 1.93 bits per heavy atom. The number of hydrogen-bond acceptors (Lipinski definition) is 1. The molecule has 0 radical (unpaired) electrons. The first-order chi connectivity index (χ1) is 13.8. The number of benzene rings is 2. The molecule has 0 spiro atoms. The Balaban J connectivity index is 1.50. The maximum atomic E-state index is 4.55. The number of nitrogens with zero attached hydrogens (tertiary/aromatic N) is 1. The van der Waals surface area contributed by atoms with Crippen LogP contribution in [0.5, 0.6) is 0 Å². The number of aromatic nitrogens is 2. The van der Waals surface area contributed by atoms with Crippen LogP contribution in [0.25, 0.3) is 21.7 Å². The second-order valence-electron chi connectivity index (χ2n) is 8.90. The minimum absolute atomic E-state index is 0.577.